The minimum atomic E-state index is -4.31. The van der Waals surface area contributed by atoms with E-state index in [1.54, 1.807) is 18.2 Å². The quantitative estimate of drug-likeness (QED) is 0.813. The molecule has 0 amide bonds. The zero-order valence-electron chi connectivity index (χ0n) is 15.5. The van der Waals surface area contributed by atoms with Gasteiger partial charge in [0, 0.05) is 39.3 Å². The summed E-state index contributed by atoms with van der Waals surface area (Å²) in [6, 6.07) is 12.4. The fourth-order valence-electron chi connectivity index (χ4n) is 3.38. The molecule has 7 heteroatoms. The highest BCUT2D eigenvalue weighted by Gasteiger charge is 2.30. The van der Waals surface area contributed by atoms with Crippen LogP contribution < -0.4 is 0 Å². The Morgan fingerprint density at radius 3 is 2.18 bits per heavy atom. The van der Waals surface area contributed by atoms with Crippen molar-refractivity contribution >= 4 is 5.97 Å². The van der Waals surface area contributed by atoms with E-state index in [4.69, 9.17) is 5.11 Å². The molecule has 0 saturated carbocycles. The van der Waals surface area contributed by atoms with Gasteiger partial charge in [-0.25, -0.2) is 4.79 Å². The largest absolute Gasteiger partial charge is 0.478 e. The van der Waals surface area contributed by atoms with Crippen molar-refractivity contribution in [3.8, 4) is 0 Å². The van der Waals surface area contributed by atoms with Gasteiger partial charge in [-0.15, -0.1) is 0 Å². The molecule has 0 aromatic heterocycles. The molecule has 3 rings (SSSR count). The van der Waals surface area contributed by atoms with E-state index in [9.17, 15) is 18.0 Å². The number of piperazine rings is 1. The van der Waals surface area contributed by atoms with E-state index in [1.165, 1.54) is 12.1 Å². The Balaban J connectivity index is 1.45. The Morgan fingerprint density at radius 2 is 1.57 bits per heavy atom. The highest BCUT2D eigenvalue weighted by molar-refractivity contribution is 5.87. The first kappa shape index (κ1) is 20.4. The number of carboxylic acids is 1. The molecule has 4 nitrogen and oxygen atoms in total. The lowest BCUT2D eigenvalue weighted by Gasteiger charge is -2.34. The molecule has 28 heavy (non-hydrogen) atoms. The van der Waals surface area contributed by atoms with E-state index in [2.05, 4.69) is 9.80 Å². The van der Waals surface area contributed by atoms with Crippen LogP contribution in [0.4, 0.5) is 13.2 Å². The molecule has 2 aromatic carbocycles. The van der Waals surface area contributed by atoms with Crippen molar-refractivity contribution in [2.75, 3.05) is 32.7 Å². The second kappa shape index (κ2) is 8.75. The van der Waals surface area contributed by atoms with Crippen LogP contribution in [0, 0.1) is 0 Å². The molecular formula is C21H23F3N2O2. The predicted octanol–water partition coefficient (Wildman–Crippen LogP) is 3.76. The molecule has 0 aliphatic carbocycles. The summed E-state index contributed by atoms with van der Waals surface area (Å²) in [6.45, 7) is 4.76. The van der Waals surface area contributed by atoms with E-state index in [0.717, 1.165) is 50.8 Å². The molecule has 1 saturated heterocycles. The number of rotatable bonds is 6. The van der Waals surface area contributed by atoms with Crippen molar-refractivity contribution in [2.24, 2.45) is 0 Å². The lowest BCUT2D eigenvalue weighted by atomic mass is 10.1. The van der Waals surface area contributed by atoms with Gasteiger partial charge in [-0.2, -0.15) is 13.2 Å². The Labute approximate surface area is 162 Å². The molecule has 0 spiro atoms. The topological polar surface area (TPSA) is 43.8 Å². The van der Waals surface area contributed by atoms with Crippen LogP contribution >= 0.6 is 0 Å². The Morgan fingerprint density at radius 1 is 0.929 bits per heavy atom. The van der Waals surface area contributed by atoms with Gasteiger partial charge in [0.15, 0.2) is 0 Å². The van der Waals surface area contributed by atoms with E-state index >= 15 is 0 Å². The summed E-state index contributed by atoms with van der Waals surface area (Å²) in [5.41, 5.74) is 1.46. The summed E-state index contributed by atoms with van der Waals surface area (Å²) in [5.74, 6) is -0.927. The summed E-state index contributed by atoms with van der Waals surface area (Å²) in [6.07, 6.45) is -3.47. The number of carbonyl (C=O) groups is 1. The maximum atomic E-state index is 12.8. The number of halogens is 3. The smallest absolute Gasteiger partial charge is 0.416 e. The van der Waals surface area contributed by atoms with Gasteiger partial charge in [0.25, 0.3) is 0 Å². The second-order valence-corrected chi connectivity index (χ2v) is 7.07. The van der Waals surface area contributed by atoms with Gasteiger partial charge in [-0.05, 0) is 35.7 Å². The number of nitrogens with zero attached hydrogens (tertiary/aromatic N) is 2. The van der Waals surface area contributed by atoms with Crippen molar-refractivity contribution < 1.29 is 23.1 Å². The van der Waals surface area contributed by atoms with Crippen molar-refractivity contribution in [1.82, 2.24) is 9.80 Å². The van der Waals surface area contributed by atoms with Crippen LogP contribution in [0.3, 0.4) is 0 Å². The normalized spacial score (nSPS) is 16.2. The molecule has 1 aliphatic rings. The van der Waals surface area contributed by atoms with Crippen LogP contribution in [0.15, 0.2) is 48.5 Å². The van der Waals surface area contributed by atoms with E-state index in [-0.39, 0.29) is 5.56 Å². The van der Waals surface area contributed by atoms with Crippen molar-refractivity contribution in [3.63, 3.8) is 0 Å². The molecule has 0 atom stereocenters. The molecule has 150 valence electrons. The molecule has 0 radical (unpaired) electrons. The third-order valence-electron chi connectivity index (χ3n) is 5.04. The molecule has 1 fully saturated rings. The molecular weight excluding hydrogens is 369 g/mol. The predicted molar refractivity (Wildman–Crippen MR) is 100 cm³/mol. The van der Waals surface area contributed by atoms with Crippen LogP contribution in [-0.2, 0) is 19.1 Å². The Bertz CT molecular complexity index is 798. The van der Waals surface area contributed by atoms with Crippen LogP contribution in [0.5, 0.6) is 0 Å². The van der Waals surface area contributed by atoms with E-state index in [0.29, 0.717) is 12.1 Å². The maximum absolute atomic E-state index is 12.8. The number of alkyl halides is 3. The van der Waals surface area contributed by atoms with Crippen molar-refractivity contribution in [1.29, 1.82) is 0 Å². The Kier molecular flexibility index (Phi) is 6.36. The molecule has 0 unspecified atom stereocenters. The minimum absolute atomic E-state index is 0.284. The average Bonchev–Trinajstić information content (AvgIpc) is 2.67. The molecule has 1 N–H and O–H groups in total. The SMILES string of the molecule is O=C(O)c1ccc(CCN2CCN(Cc3cccc(C(F)(F)F)c3)CC2)cc1. The molecule has 2 aromatic rings. The summed E-state index contributed by atoms with van der Waals surface area (Å²) in [4.78, 5) is 15.4. The number of benzene rings is 2. The number of hydrogen-bond acceptors (Lipinski definition) is 3. The third kappa shape index (κ3) is 5.56. The summed E-state index contributed by atoms with van der Waals surface area (Å²) >= 11 is 0. The zero-order chi connectivity index (χ0) is 20.1. The summed E-state index contributed by atoms with van der Waals surface area (Å²) in [7, 11) is 0. The molecule has 0 bridgehead atoms. The van der Waals surface area contributed by atoms with Gasteiger partial charge in [0.2, 0.25) is 0 Å². The number of aromatic carboxylic acids is 1. The highest BCUT2D eigenvalue weighted by Crippen LogP contribution is 2.29. The first-order valence-corrected chi connectivity index (χ1v) is 9.24. The first-order valence-electron chi connectivity index (χ1n) is 9.24. The number of hydrogen-bond donors (Lipinski definition) is 1. The van der Waals surface area contributed by atoms with Crippen LogP contribution in [0.25, 0.3) is 0 Å². The average molecular weight is 392 g/mol. The highest BCUT2D eigenvalue weighted by atomic mass is 19.4. The standard InChI is InChI=1S/C21H23F3N2O2/c22-21(23,24)19-3-1-2-17(14-19)15-26-12-10-25(11-13-26)9-8-16-4-6-18(7-5-16)20(27)28/h1-7,14H,8-13,15H2,(H,27,28). The van der Waals surface area contributed by atoms with Crippen LogP contribution in [0.1, 0.15) is 27.0 Å². The van der Waals surface area contributed by atoms with Gasteiger partial charge >= 0.3 is 12.1 Å². The molecule has 1 aliphatic heterocycles. The van der Waals surface area contributed by atoms with Gasteiger partial charge in [0.1, 0.15) is 0 Å². The summed E-state index contributed by atoms with van der Waals surface area (Å²) in [5, 5.41) is 8.93. The van der Waals surface area contributed by atoms with Gasteiger partial charge in [0.05, 0.1) is 11.1 Å². The van der Waals surface area contributed by atoms with Gasteiger partial charge in [-0.3, -0.25) is 4.90 Å². The zero-order valence-corrected chi connectivity index (χ0v) is 15.5. The van der Waals surface area contributed by atoms with Gasteiger partial charge in [-0.1, -0.05) is 30.3 Å². The van der Waals surface area contributed by atoms with Crippen molar-refractivity contribution in [2.45, 2.75) is 19.1 Å². The van der Waals surface area contributed by atoms with Crippen molar-refractivity contribution in [3.05, 3.63) is 70.8 Å². The Hall–Kier alpha value is -2.38. The van der Waals surface area contributed by atoms with E-state index < -0.39 is 17.7 Å². The monoisotopic (exact) mass is 392 g/mol. The molecule has 1 heterocycles. The maximum Gasteiger partial charge on any atom is 0.416 e. The van der Waals surface area contributed by atoms with Crippen LogP contribution in [0.2, 0.25) is 0 Å². The summed E-state index contributed by atoms with van der Waals surface area (Å²) < 4.78 is 38.5. The lowest BCUT2D eigenvalue weighted by Crippen LogP contribution is -2.46. The fraction of sp³-hybridized carbons (Fsp3) is 0.381. The lowest BCUT2D eigenvalue weighted by molar-refractivity contribution is -0.137. The first-order chi connectivity index (χ1) is 13.3. The number of carboxylic acid groups (broad SMARTS) is 1. The second-order valence-electron chi connectivity index (χ2n) is 7.07. The third-order valence-corrected chi connectivity index (χ3v) is 5.04. The van der Waals surface area contributed by atoms with E-state index in [1.807, 2.05) is 12.1 Å². The fourth-order valence-corrected chi connectivity index (χ4v) is 3.38. The van der Waals surface area contributed by atoms with Gasteiger partial charge < -0.3 is 10.0 Å². The minimum Gasteiger partial charge on any atom is -0.478 e. The van der Waals surface area contributed by atoms with Crippen LogP contribution in [-0.4, -0.2) is 53.6 Å².